The van der Waals surface area contributed by atoms with Crippen LogP contribution in [0.2, 0.25) is 5.02 Å². The van der Waals surface area contributed by atoms with Crippen molar-refractivity contribution in [1.29, 1.82) is 0 Å². The number of carbonyl (C=O) groups is 1. The number of phenolic OH excluding ortho intramolecular Hbond substituents is 1. The van der Waals surface area contributed by atoms with Crippen molar-refractivity contribution in [1.82, 2.24) is 5.32 Å². The number of aromatic hydroxyl groups is 1. The lowest BCUT2D eigenvalue weighted by atomic mass is 10.1. The summed E-state index contributed by atoms with van der Waals surface area (Å²) < 4.78 is 0. The van der Waals surface area contributed by atoms with Gasteiger partial charge >= 0.3 is 0 Å². The highest BCUT2D eigenvalue weighted by molar-refractivity contribution is 6.30. The summed E-state index contributed by atoms with van der Waals surface area (Å²) in [5.74, 6) is -0.197. The van der Waals surface area contributed by atoms with Crippen molar-refractivity contribution in [2.24, 2.45) is 11.7 Å². The van der Waals surface area contributed by atoms with Crippen LogP contribution in [0.15, 0.2) is 18.2 Å². The molecule has 0 spiro atoms. The molecule has 94 valence electrons. The third-order valence-corrected chi connectivity index (χ3v) is 2.79. The first kappa shape index (κ1) is 13.8. The predicted octanol–water partition coefficient (Wildman–Crippen LogP) is 1.76. The number of hydrogen-bond donors (Lipinski definition) is 3. The van der Waals surface area contributed by atoms with Gasteiger partial charge in [0.1, 0.15) is 5.75 Å². The van der Waals surface area contributed by atoms with E-state index in [-0.39, 0.29) is 29.2 Å². The van der Waals surface area contributed by atoms with Crippen molar-refractivity contribution in [2.75, 3.05) is 6.54 Å². The van der Waals surface area contributed by atoms with E-state index in [0.29, 0.717) is 11.6 Å². The van der Waals surface area contributed by atoms with Crippen LogP contribution < -0.4 is 11.1 Å². The Kier molecular flexibility index (Phi) is 4.78. The molecule has 0 heterocycles. The molecule has 0 aromatic heterocycles. The number of hydrogen-bond acceptors (Lipinski definition) is 3. The van der Waals surface area contributed by atoms with Gasteiger partial charge in [-0.3, -0.25) is 4.79 Å². The molecule has 4 nitrogen and oxygen atoms in total. The van der Waals surface area contributed by atoms with Gasteiger partial charge in [-0.2, -0.15) is 0 Å². The molecule has 0 saturated heterocycles. The summed E-state index contributed by atoms with van der Waals surface area (Å²) >= 11 is 5.68. The fraction of sp³-hybridized carbons (Fsp3) is 0.417. The van der Waals surface area contributed by atoms with Crippen molar-refractivity contribution >= 4 is 17.5 Å². The molecule has 4 N–H and O–H groups in total. The van der Waals surface area contributed by atoms with Crippen LogP contribution in [0.4, 0.5) is 0 Å². The standard InChI is InChI=1S/C12H17ClN2O2/c1-7(2)10(14)6-15-12(17)9-4-3-8(13)5-11(9)16/h3-5,7,10,16H,6,14H2,1-2H3,(H,15,17). The zero-order chi connectivity index (χ0) is 13.0. The van der Waals surface area contributed by atoms with Crippen molar-refractivity contribution < 1.29 is 9.90 Å². The van der Waals surface area contributed by atoms with Gasteiger partial charge in [-0.25, -0.2) is 0 Å². The Hall–Kier alpha value is -1.26. The van der Waals surface area contributed by atoms with Crippen LogP contribution in [0.5, 0.6) is 5.75 Å². The quantitative estimate of drug-likeness (QED) is 0.768. The second-order valence-electron chi connectivity index (χ2n) is 4.28. The Morgan fingerprint density at radius 2 is 2.18 bits per heavy atom. The fourth-order valence-electron chi connectivity index (χ4n) is 1.24. The van der Waals surface area contributed by atoms with E-state index >= 15 is 0 Å². The fourth-order valence-corrected chi connectivity index (χ4v) is 1.40. The molecule has 0 bridgehead atoms. The van der Waals surface area contributed by atoms with E-state index in [0.717, 1.165) is 0 Å². The van der Waals surface area contributed by atoms with Crippen molar-refractivity contribution in [3.8, 4) is 5.75 Å². The van der Waals surface area contributed by atoms with E-state index in [2.05, 4.69) is 5.32 Å². The summed E-state index contributed by atoms with van der Waals surface area (Å²) in [5, 5.41) is 12.6. The lowest BCUT2D eigenvalue weighted by molar-refractivity contribution is 0.0946. The second-order valence-corrected chi connectivity index (χ2v) is 4.72. The number of nitrogens with one attached hydrogen (secondary N) is 1. The maximum atomic E-state index is 11.7. The molecule has 5 heteroatoms. The minimum Gasteiger partial charge on any atom is -0.507 e. The molecule has 0 radical (unpaired) electrons. The molecule has 0 saturated carbocycles. The van der Waals surface area contributed by atoms with Gasteiger partial charge in [-0.15, -0.1) is 0 Å². The smallest absolute Gasteiger partial charge is 0.255 e. The van der Waals surface area contributed by atoms with Crippen LogP contribution in [0.25, 0.3) is 0 Å². The maximum absolute atomic E-state index is 11.7. The summed E-state index contributed by atoms with van der Waals surface area (Å²) in [4.78, 5) is 11.7. The van der Waals surface area contributed by atoms with E-state index in [4.69, 9.17) is 17.3 Å². The first-order chi connectivity index (χ1) is 7.91. The summed E-state index contributed by atoms with van der Waals surface area (Å²) in [7, 11) is 0. The highest BCUT2D eigenvalue weighted by Crippen LogP contribution is 2.21. The molecule has 1 atom stereocenters. The van der Waals surface area contributed by atoms with Gasteiger partial charge in [-0.05, 0) is 24.1 Å². The van der Waals surface area contributed by atoms with Crippen LogP contribution >= 0.6 is 11.6 Å². The normalized spacial score (nSPS) is 12.5. The topological polar surface area (TPSA) is 75.3 Å². The van der Waals surface area contributed by atoms with Crippen LogP contribution in [-0.4, -0.2) is 23.6 Å². The van der Waals surface area contributed by atoms with Crippen molar-refractivity contribution in [3.05, 3.63) is 28.8 Å². The van der Waals surface area contributed by atoms with Crippen LogP contribution in [0.3, 0.4) is 0 Å². The lowest BCUT2D eigenvalue weighted by Crippen LogP contribution is -2.40. The monoisotopic (exact) mass is 256 g/mol. The van der Waals surface area contributed by atoms with Gasteiger partial charge in [0.05, 0.1) is 5.56 Å². The average Bonchev–Trinajstić information content (AvgIpc) is 2.25. The molecule has 0 aliphatic heterocycles. The highest BCUT2D eigenvalue weighted by Gasteiger charge is 2.13. The zero-order valence-corrected chi connectivity index (χ0v) is 10.7. The minimum atomic E-state index is -0.352. The molecule has 1 rings (SSSR count). The Morgan fingerprint density at radius 1 is 1.53 bits per heavy atom. The first-order valence-corrected chi connectivity index (χ1v) is 5.82. The van der Waals surface area contributed by atoms with Crippen LogP contribution in [0, 0.1) is 5.92 Å². The predicted molar refractivity (Wildman–Crippen MR) is 68.3 cm³/mol. The summed E-state index contributed by atoms with van der Waals surface area (Å²) in [6.45, 7) is 4.34. The van der Waals surface area contributed by atoms with Gasteiger partial charge in [-0.1, -0.05) is 25.4 Å². The van der Waals surface area contributed by atoms with Gasteiger partial charge in [0.15, 0.2) is 0 Å². The number of carbonyl (C=O) groups excluding carboxylic acids is 1. The molecule has 17 heavy (non-hydrogen) atoms. The van der Waals surface area contributed by atoms with Crippen molar-refractivity contribution in [2.45, 2.75) is 19.9 Å². The second kappa shape index (κ2) is 5.89. The lowest BCUT2D eigenvalue weighted by Gasteiger charge is -2.16. The highest BCUT2D eigenvalue weighted by atomic mass is 35.5. The number of phenols is 1. The van der Waals surface area contributed by atoms with Gasteiger partial charge < -0.3 is 16.2 Å². The zero-order valence-electron chi connectivity index (χ0n) is 9.90. The van der Waals surface area contributed by atoms with Crippen LogP contribution in [-0.2, 0) is 0 Å². The first-order valence-electron chi connectivity index (χ1n) is 5.44. The maximum Gasteiger partial charge on any atom is 0.255 e. The molecule has 1 aromatic carbocycles. The van der Waals surface area contributed by atoms with E-state index in [1.54, 1.807) is 6.07 Å². The number of nitrogens with two attached hydrogens (primary N) is 1. The number of amides is 1. The Morgan fingerprint density at radius 3 is 2.71 bits per heavy atom. The Balaban J connectivity index is 2.64. The molecule has 1 amide bonds. The third kappa shape index (κ3) is 3.91. The summed E-state index contributed by atoms with van der Waals surface area (Å²) in [6.07, 6.45) is 0. The molecule has 0 fully saturated rings. The third-order valence-electron chi connectivity index (χ3n) is 2.56. The number of rotatable bonds is 4. The Labute approximate surface area is 106 Å². The number of halogens is 1. The van der Waals surface area contributed by atoms with E-state index < -0.39 is 0 Å². The summed E-state index contributed by atoms with van der Waals surface area (Å²) in [6, 6.07) is 4.26. The average molecular weight is 257 g/mol. The largest absolute Gasteiger partial charge is 0.507 e. The van der Waals surface area contributed by atoms with Gasteiger partial charge in [0.2, 0.25) is 0 Å². The number of benzene rings is 1. The minimum absolute atomic E-state index is 0.103. The van der Waals surface area contributed by atoms with E-state index in [1.807, 2.05) is 13.8 Å². The van der Waals surface area contributed by atoms with Crippen molar-refractivity contribution in [3.63, 3.8) is 0 Å². The van der Waals surface area contributed by atoms with Crippen LogP contribution in [0.1, 0.15) is 24.2 Å². The SMILES string of the molecule is CC(C)C(N)CNC(=O)c1ccc(Cl)cc1O. The summed E-state index contributed by atoms with van der Waals surface area (Å²) in [5.41, 5.74) is 6.01. The molecular formula is C12H17ClN2O2. The molecule has 0 aliphatic rings. The molecule has 1 aromatic rings. The van der Waals surface area contributed by atoms with E-state index in [9.17, 15) is 9.90 Å². The molecular weight excluding hydrogens is 240 g/mol. The van der Waals surface area contributed by atoms with E-state index in [1.165, 1.54) is 12.1 Å². The van der Waals surface area contributed by atoms with Gasteiger partial charge in [0.25, 0.3) is 5.91 Å². The molecule has 1 unspecified atom stereocenters. The molecule has 0 aliphatic carbocycles. The Bertz CT molecular complexity index is 407. The van der Waals surface area contributed by atoms with Gasteiger partial charge in [0, 0.05) is 17.6 Å².